The molecule has 0 amide bonds. The summed E-state index contributed by atoms with van der Waals surface area (Å²) >= 11 is 0. The third-order valence-electron chi connectivity index (χ3n) is 3.79. The number of carbonyl (C=O) groups excluding carboxylic acids is 1. The fourth-order valence-corrected chi connectivity index (χ4v) is 2.56. The van der Waals surface area contributed by atoms with E-state index in [4.69, 9.17) is 0 Å². The number of hydrogen-bond donors (Lipinski definition) is 0. The van der Waals surface area contributed by atoms with E-state index in [0.29, 0.717) is 0 Å². The molecule has 2 unspecified atom stereocenters. The molecule has 1 aliphatic carbocycles. The molecule has 0 saturated heterocycles. The number of benzene rings is 1. The Hall–Kier alpha value is -3.10. The first-order chi connectivity index (χ1) is 10.1. The van der Waals surface area contributed by atoms with E-state index in [0.717, 1.165) is 12.7 Å². The summed E-state index contributed by atoms with van der Waals surface area (Å²) in [5, 5.41) is 27.9. The zero-order chi connectivity index (χ0) is 15.5. The molecule has 2 rings (SSSR count). The van der Waals surface area contributed by atoms with Crippen molar-refractivity contribution in [3.63, 3.8) is 0 Å². The highest BCUT2D eigenvalue weighted by Gasteiger charge is 2.84. The fourth-order valence-electron chi connectivity index (χ4n) is 2.56. The molecule has 0 N–H and O–H groups in total. The minimum Gasteiger partial charge on any atom is -0.468 e. The Morgan fingerprint density at radius 2 is 1.81 bits per heavy atom. The van der Waals surface area contributed by atoms with E-state index in [1.54, 1.807) is 12.2 Å². The monoisotopic (exact) mass is 277 g/mol. The van der Waals surface area contributed by atoms with Gasteiger partial charge in [-0.05, 0) is 5.56 Å². The van der Waals surface area contributed by atoms with Gasteiger partial charge in [-0.3, -0.25) is 4.79 Å². The van der Waals surface area contributed by atoms with Crippen LogP contribution in [-0.2, 0) is 9.53 Å². The fraction of sp³-hybridized carbons (Fsp3) is 0.250. The topological polar surface area (TPSA) is 97.7 Å². The van der Waals surface area contributed by atoms with Crippen LogP contribution >= 0.6 is 0 Å². The number of nitrogens with zero attached hydrogens (tertiary/aromatic N) is 3. The van der Waals surface area contributed by atoms with Crippen LogP contribution in [0.25, 0.3) is 6.08 Å². The Kier molecular flexibility index (Phi) is 3.49. The lowest BCUT2D eigenvalue weighted by Gasteiger charge is -2.04. The second-order valence-corrected chi connectivity index (χ2v) is 4.69. The zero-order valence-corrected chi connectivity index (χ0v) is 11.3. The van der Waals surface area contributed by atoms with E-state index in [2.05, 4.69) is 4.74 Å². The molecule has 0 aliphatic heterocycles. The summed E-state index contributed by atoms with van der Waals surface area (Å²) in [6.07, 6.45) is 3.25. The zero-order valence-electron chi connectivity index (χ0n) is 11.3. The smallest absolute Gasteiger partial charge is 0.329 e. The van der Waals surface area contributed by atoms with Gasteiger partial charge in [-0.15, -0.1) is 0 Å². The summed E-state index contributed by atoms with van der Waals surface area (Å²) in [4.78, 5) is 11.9. The molecule has 0 radical (unpaired) electrons. The molecule has 0 bridgehead atoms. The Bertz CT molecular complexity index is 705. The number of ether oxygens (including phenoxy) is 1. The van der Waals surface area contributed by atoms with Crippen LogP contribution in [0.4, 0.5) is 0 Å². The van der Waals surface area contributed by atoms with Gasteiger partial charge in [-0.25, -0.2) is 0 Å². The van der Waals surface area contributed by atoms with Crippen molar-refractivity contribution in [2.45, 2.75) is 0 Å². The van der Waals surface area contributed by atoms with E-state index in [1.165, 1.54) is 0 Å². The van der Waals surface area contributed by atoms with Crippen molar-refractivity contribution in [2.24, 2.45) is 16.7 Å². The molecule has 1 aromatic carbocycles. The van der Waals surface area contributed by atoms with Gasteiger partial charge in [0.1, 0.15) is 0 Å². The molecule has 0 heterocycles. The summed E-state index contributed by atoms with van der Waals surface area (Å²) in [6.45, 7) is 0. The van der Waals surface area contributed by atoms with Gasteiger partial charge in [0.25, 0.3) is 0 Å². The second kappa shape index (κ2) is 5.12. The van der Waals surface area contributed by atoms with Gasteiger partial charge in [-0.2, -0.15) is 15.8 Å². The van der Waals surface area contributed by atoms with Gasteiger partial charge in [0, 0.05) is 5.92 Å². The quantitative estimate of drug-likeness (QED) is 0.787. The van der Waals surface area contributed by atoms with Gasteiger partial charge < -0.3 is 4.74 Å². The summed E-state index contributed by atoms with van der Waals surface area (Å²) in [5.74, 6) is -1.66. The van der Waals surface area contributed by atoms with Crippen LogP contribution in [0, 0.1) is 50.7 Å². The van der Waals surface area contributed by atoms with Crippen molar-refractivity contribution in [2.75, 3.05) is 7.11 Å². The van der Waals surface area contributed by atoms with Crippen molar-refractivity contribution < 1.29 is 9.53 Å². The van der Waals surface area contributed by atoms with Gasteiger partial charge in [-0.1, -0.05) is 42.5 Å². The Morgan fingerprint density at radius 1 is 1.19 bits per heavy atom. The number of nitriles is 3. The first kappa shape index (κ1) is 14.3. The molecular weight excluding hydrogens is 266 g/mol. The minimum absolute atomic E-state index is 0.808. The van der Waals surface area contributed by atoms with Crippen molar-refractivity contribution in [1.29, 1.82) is 15.8 Å². The van der Waals surface area contributed by atoms with E-state index < -0.39 is 22.7 Å². The predicted octanol–water partition coefficient (Wildman–Crippen LogP) is 2.05. The SMILES string of the molecule is COC(=O)C1(C#N)C(C=Cc2ccccc2)C1(C#N)C#N. The highest BCUT2D eigenvalue weighted by atomic mass is 16.5. The summed E-state index contributed by atoms with van der Waals surface area (Å²) in [6, 6.07) is 14.6. The number of esters is 1. The summed E-state index contributed by atoms with van der Waals surface area (Å²) < 4.78 is 4.61. The van der Waals surface area contributed by atoms with Crippen LogP contribution in [0.3, 0.4) is 0 Å². The third kappa shape index (κ3) is 1.78. The van der Waals surface area contributed by atoms with E-state index in [-0.39, 0.29) is 0 Å². The predicted molar refractivity (Wildman–Crippen MR) is 72.7 cm³/mol. The molecule has 102 valence electrons. The number of rotatable bonds is 3. The van der Waals surface area contributed by atoms with Crippen LogP contribution in [0.15, 0.2) is 36.4 Å². The average Bonchev–Trinajstić information content (AvgIpc) is 3.15. The highest BCUT2D eigenvalue weighted by Crippen LogP contribution is 2.69. The van der Waals surface area contributed by atoms with Crippen LogP contribution in [0.1, 0.15) is 5.56 Å². The molecular formula is C16H11N3O2. The van der Waals surface area contributed by atoms with Gasteiger partial charge >= 0.3 is 5.97 Å². The van der Waals surface area contributed by atoms with Crippen LogP contribution in [0.2, 0.25) is 0 Å². The van der Waals surface area contributed by atoms with Crippen molar-refractivity contribution in [1.82, 2.24) is 0 Å². The van der Waals surface area contributed by atoms with E-state index in [9.17, 15) is 20.6 Å². The molecule has 5 nitrogen and oxygen atoms in total. The van der Waals surface area contributed by atoms with Gasteiger partial charge in [0.05, 0.1) is 25.3 Å². The molecule has 0 aromatic heterocycles. The molecule has 5 heteroatoms. The summed E-state index contributed by atoms with van der Waals surface area (Å²) in [5.41, 5.74) is -2.60. The molecule has 2 atom stereocenters. The van der Waals surface area contributed by atoms with E-state index in [1.807, 2.05) is 48.5 Å². The number of allylic oxidation sites excluding steroid dienone is 1. The first-order valence-corrected chi connectivity index (χ1v) is 6.18. The van der Waals surface area contributed by atoms with Crippen molar-refractivity contribution >= 4 is 12.0 Å². The maximum atomic E-state index is 11.9. The molecule has 0 spiro atoms. The Labute approximate surface area is 122 Å². The van der Waals surface area contributed by atoms with Gasteiger partial charge in [0.15, 0.2) is 10.8 Å². The normalized spacial score (nSPS) is 25.3. The molecule has 1 saturated carbocycles. The maximum absolute atomic E-state index is 11.9. The molecule has 1 aromatic rings. The number of methoxy groups -OCH3 is 1. The first-order valence-electron chi connectivity index (χ1n) is 6.18. The lowest BCUT2D eigenvalue weighted by Crippen LogP contribution is -2.22. The Morgan fingerprint density at radius 3 is 2.29 bits per heavy atom. The number of hydrogen-bond acceptors (Lipinski definition) is 5. The Balaban J connectivity index is 2.42. The largest absolute Gasteiger partial charge is 0.468 e. The number of carbonyl (C=O) groups is 1. The third-order valence-corrected chi connectivity index (χ3v) is 3.79. The second-order valence-electron chi connectivity index (χ2n) is 4.69. The van der Waals surface area contributed by atoms with Crippen LogP contribution in [0.5, 0.6) is 0 Å². The highest BCUT2D eigenvalue weighted by molar-refractivity contribution is 5.90. The van der Waals surface area contributed by atoms with E-state index >= 15 is 0 Å². The van der Waals surface area contributed by atoms with Crippen LogP contribution < -0.4 is 0 Å². The molecule has 1 fully saturated rings. The maximum Gasteiger partial charge on any atom is 0.329 e. The summed E-state index contributed by atoms with van der Waals surface area (Å²) in [7, 11) is 1.14. The van der Waals surface area contributed by atoms with Crippen molar-refractivity contribution in [3.8, 4) is 18.2 Å². The minimum atomic E-state index is -1.75. The molecule has 21 heavy (non-hydrogen) atoms. The standard InChI is InChI=1S/C16H11N3O2/c1-21-14(20)16(11-19)13(15(16,9-17)10-18)8-7-12-5-3-2-4-6-12/h2-8,13H,1H3. The van der Waals surface area contributed by atoms with Crippen molar-refractivity contribution in [3.05, 3.63) is 42.0 Å². The molecule has 1 aliphatic rings. The lowest BCUT2D eigenvalue weighted by molar-refractivity contribution is -0.145. The lowest BCUT2D eigenvalue weighted by atomic mass is 9.97. The van der Waals surface area contributed by atoms with Crippen LogP contribution in [-0.4, -0.2) is 13.1 Å². The average molecular weight is 277 g/mol. The van der Waals surface area contributed by atoms with Gasteiger partial charge in [0.2, 0.25) is 0 Å².